The van der Waals surface area contributed by atoms with Crippen LogP contribution >= 0.6 is 0 Å². The predicted octanol–water partition coefficient (Wildman–Crippen LogP) is 2.79. The van der Waals surface area contributed by atoms with Crippen LogP contribution in [0.1, 0.15) is 19.2 Å². The molecule has 1 aromatic carbocycles. The minimum absolute atomic E-state index is 0.0981. The molecular formula is C13H14F2N4O. The summed E-state index contributed by atoms with van der Waals surface area (Å²) in [4.78, 5) is 8.25. The number of benzene rings is 1. The van der Waals surface area contributed by atoms with Crippen LogP contribution in [0.5, 0.6) is 11.6 Å². The number of halogens is 2. The van der Waals surface area contributed by atoms with Gasteiger partial charge in [0.2, 0.25) is 5.88 Å². The van der Waals surface area contributed by atoms with E-state index in [9.17, 15) is 8.78 Å². The van der Waals surface area contributed by atoms with Crippen molar-refractivity contribution >= 4 is 5.82 Å². The van der Waals surface area contributed by atoms with E-state index in [1.54, 1.807) is 0 Å². The molecule has 1 heterocycles. The van der Waals surface area contributed by atoms with Crippen LogP contribution in [-0.4, -0.2) is 9.97 Å². The zero-order valence-corrected chi connectivity index (χ0v) is 10.9. The summed E-state index contributed by atoms with van der Waals surface area (Å²) in [5.74, 6) is 4.74. The Morgan fingerprint density at radius 3 is 2.75 bits per heavy atom. The van der Waals surface area contributed by atoms with Crippen molar-refractivity contribution < 1.29 is 13.5 Å². The fraction of sp³-hybridized carbons (Fsp3) is 0.231. The number of aryl methyl sites for hydroxylation is 1. The quantitative estimate of drug-likeness (QED) is 0.651. The van der Waals surface area contributed by atoms with E-state index in [0.717, 1.165) is 24.6 Å². The third kappa shape index (κ3) is 3.39. The topological polar surface area (TPSA) is 73.1 Å². The van der Waals surface area contributed by atoms with Gasteiger partial charge in [0.15, 0.2) is 11.6 Å². The molecule has 7 heteroatoms. The molecule has 2 aromatic rings. The lowest BCUT2D eigenvalue weighted by Gasteiger charge is -2.09. The van der Waals surface area contributed by atoms with Gasteiger partial charge in [0.05, 0.1) is 0 Å². The maximum Gasteiger partial charge on any atom is 0.224 e. The van der Waals surface area contributed by atoms with E-state index in [1.807, 2.05) is 6.92 Å². The van der Waals surface area contributed by atoms with Gasteiger partial charge < -0.3 is 10.2 Å². The first-order valence-electron chi connectivity index (χ1n) is 6.10. The average molecular weight is 280 g/mol. The standard InChI is InChI=1S/C13H14F2N4O/c1-2-3-11-17-12(19-16)7-13(18-11)20-10-6-8(14)4-5-9(10)15/h4-7H,2-3,16H2,1H3,(H,17,18,19). The molecule has 0 amide bonds. The van der Waals surface area contributed by atoms with E-state index in [2.05, 4.69) is 15.4 Å². The van der Waals surface area contributed by atoms with E-state index in [4.69, 9.17) is 10.6 Å². The van der Waals surface area contributed by atoms with Crippen molar-refractivity contribution in [1.82, 2.24) is 9.97 Å². The molecule has 0 radical (unpaired) electrons. The van der Waals surface area contributed by atoms with Gasteiger partial charge in [-0.3, -0.25) is 0 Å². The molecule has 0 bridgehead atoms. The Balaban J connectivity index is 2.32. The molecule has 0 aliphatic rings. The highest BCUT2D eigenvalue weighted by Crippen LogP contribution is 2.25. The Hall–Kier alpha value is -2.28. The van der Waals surface area contributed by atoms with Gasteiger partial charge in [0.1, 0.15) is 17.5 Å². The molecule has 0 aliphatic heterocycles. The Morgan fingerprint density at radius 2 is 2.05 bits per heavy atom. The zero-order valence-electron chi connectivity index (χ0n) is 10.9. The molecule has 0 saturated heterocycles. The first kappa shape index (κ1) is 14.1. The zero-order chi connectivity index (χ0) is 14.5. The number of ether oxygens (including phenoxy) is 1. The van der Waals surface area contributed by atoms with Gasteiger partial charge in [0.25, 0.3) is 0 Å². The number of nitrogens with two attached hydrogens (primary N) is 1. The molecule has 0 fully saturated rings. The van der Waals surface area contributed by atoms with E-state index in [1.165, 1.54) is 6.07 Å². The molecule has 2 rings (SSSR count). The lowest BCUT2D eigenvalue weighted by atomic mass is 10.3. The van der Waals surface area contributed by atoms with Crippen LogP contribution in [0.15, 0.2) is 24.3 Å². The van der Waals surface area contributed by atoms with Gasteiger partial charge in [-0.1, -0.05) is 6.92 Å². The van der Waals surface area contributed by atoms with Crippen molar-refractivity contribution in [3.8, 4) is 11.6 Å². The monoisotopic (exact) mass is 280 g/mol. The van der Waals surface area contributed by atoms with Crippen molar-refractivity contribution in [2.24, 2.45) is 5.84 Å². The van der Waals surface area contributed by atoms with Gasteiger partial charge in [0, 0.05) is 18.6 Å². The van der Waals surface area contributed by atoms with Crippen LogP contribution in [0, 0.1) is 11.6 Å². The van der Waals surface area contributed by atoms with Gasteiger partial charge in [-0.2, -0.15) is 4.98 Å². The van der Waals surface area contributed by atoms with Crippen LogP contribution < -0.4 is 16.0 Å². The van der Waals surface area contributed by atoms with Crippen molar-refractivity contribution in [1.29, 1.82) is 0 Å². The van der Waals surface area contributed by atoms with Gasteiger partial charge in [-0.25, -0.2) is 19.6 Å². The highest BCUT2D eigenvalue weighted by Gasteiger charge is 2.10. The molecule has 0 saturated carbocycles. The number of hydrogen-bond donors (Lipinski definition) is 2. The molecule has 5 nitrogen and oxygen atoms in total. The fourth-order valence-electron chi connectivity index (χ4n) is 1.60. The molecular weight excluding hydrogens is 266 g/mol. The summed E-state index contributed by atoms with van der Waals surface area (Å²) in [5, 5.41) is 0. The minimum Gasteiger partial charge on any atom is -0.436 e. The number of aromatic nitrogens is 2. The van der Waals surface area contributed by atoms with Crippen LogP contribution in [0.2, 0.25) is 0 Å². The van der Waals surface area contributed by atoms with E-state index in [-0.39, 0.29) is 11.6 Å². The average Bonchev–Trinajstić information content (AvgIpc) is 2.43. The van der Waals surface area contributed by atoms with Crippen LogP contribution in [0.3, 0.4) is 0 Å². The number of hydrazine groups is 1. The fourth-order valence-corrected chi connectivity index (χ4v) is 1.60. The lowest BCUT2D eigenvalue weighted by Crippen LogP contribution is -2.11. The molecule has 3 N–H and O–H groups in total. The molecule has 20 heavy (non-hydrogen) atoms. The van der Waals surface area contributed by atoms with Crippen molar-refractivity contribution in [3.05, 3.63) is 41.7 Å². The lowest BCUT2D eigenvalue weighted by molar-refractivity contribution is 0.420. The number of nitrogen functional groups attached to an aromatic ring is 1. The number of nitrogens with zero attached hydrogens (tertiary/aromatic N) is 2. The molecule has 106 valence electrons. The van der Waals surface area contributed by atoms with E-state index < -0.39 is 11.6 Å². The van der Waals surface area contributed by atoms with Crippen molar-refractivity contribution in [3.63, 3.8) is 0 Å². The third-order valence-electron chi connectivity index (χ3n) is 2.48. The van der Waals surface area contributed by atoms with Crippen LogP contribution in [0.4, 0.5) is 14.6 Å². The predicted molar refractivity (Wildman–Crippen MR) is 70.3 cm³/mol. The second kappa shape index (κ2) is 6.25. The smallest absolute Gasteiger partial charge is 0.224 e. The first-order valence-corrected chi connectivity index (χ1v) is 6.10. The summed E-state index contributed by atoms with van der Waals surface area (Å²) in [6, 6.07) is 4.36. The third-order valence-corrected chi connectivity index (χ3v) is 2.48. The molecule has 0 spiro atoms. The number of hydrogen-bond acceptors (Lipinski definition) is 5. The summed E-state index contributed by atoms with van der Waals surface area (Å²) in [6.07, 6.45) is 1.46. The van der Waals surface area contributed by atoms with Crippen LogP contribution in [-0.2, 0) is 6.42 Å². The van der Waals surface area contributed by atoms with E-state index >= 15 is 0 Å². The van der Waals surface area contributed by atoms with Gasteiger partial charge >= 0.3 is 0 Å². The Bertz CT molecular complexity index is 607. The maximum atomic E-state index is 13.5. The summed E-state index contributed by atoms with van der Waals surface area (Å²) in [6.45, 7) is 1.97. The number of anilines is 1. The second-order valence-corrected chi connectivity index (χ2v) is 4.08. The molecule has 0 atom stereocenters. The van der Waals surface area contributed by atoms with E-state index in [0.29, 0.717) is 18.1 Å². The highest BCUT2D eigenvalue weighted by atomic mass is 19.1. The molecule has 0 aliphatic carbocycles. The van der Waals surface area contributed by atoms with Gasteiger partial charge in [-0.15, -0.1) is 0 Å². The summed E-state index contributed by atoms with van der Waals surface area (Å²) < 4.78 is 31.9. The Morgan fingerprint density at radius 1 is 1.25 bits per heavy atom. The Labute approximate surface area is 114 Å². The molecule has 1 aromatic heterocycles. The second-order valence-electron chi connectivity index (χ2n) is 4.08. The SMILES string of the molecule is CCCc1nc(NN)cc(Oc2cc(F)ccc2F)n1. The summed E-state index contributed by atoms with van der Waals surface area (Å²) in [7, 11) is 0. The normalized spacial score (nSPS) is 10.4. The van der Waals surface area contributed by atoms with Gasteiger partial charge in [-0.05, 0) is 18.6 Å². The number of rotatable bonds is 5. The maximum absolute atomic E-state index is 13.5. The highest BCUT2D eigenvalue weighted by molar-refractivity contribution is 5.39. The summed E-state index contributed by atoms with van der Waals surface area (Å²) in [5.41, 5.74) is 2.38. The Kier molecular flexibility index (Phi) is 4.41. The minimum atomic E-state index is -0.677. The molecule has 0 unspecified atom stereocenters. The largest absolute Gasteiger partial charge is 0.436 e. The number of nitrogens with one attached hydrogen (secondary N) is 1. The van der Waals surface area contributed by atoms with Crippen LogP contribution in [0.25, 0.3) is 0 Å². The van der Waals surface area contributed by atoms with Crippen molar-refractivity contribution in [2.75, 3.05) is 5.43 Å². The summed E-state index contributed by atoms with van der Waals surface area (Å²) >= 11 is 0. The first-order chi connectivity index (χ1) is 9.62. The van der Waals surface area contributed by atoms with Crippen molar-refractivity contribution in [2.45, 2.75) is 19.8 Å².